The summed E-state index contributed by atoms with van der Waals surface area (Å²) >= 11 is 0. The van der Waals surface area contributed by atoms with Gasteiger partial charge in [-0.1, -0.05) is 0 Å². The van der Waals surface area contributed by atoms with Crippen LogP contribution in [0.25, 0.3) is 0 Å². The summed E-state index contributed by atoms with van der Waals surface area (Å²) in [6.45, 7) is 0.346. The van der Waals surface area contributed by atoms with Crippen LogP contribution in [0, 0.1) is 11.6 Å². The fourth-order valence-electron chi connectivity index (χ4n) is 2.67. The lowest BCUT2D eigenvalue weighted by Crippen LogP contribution is -2.27. The summed E-state index contributed by atoms with van der Waals surface area (Å²) in [6.07, 6.45) is 1.66. The van der Waals surface area contributed by atoms with Crippen LogP contribution in [0.15, 0.2) is 36.4 Å². The number of anilines is 3. The van der Waals surface area contributed by atoms with E-state index >= 15 is 0 Å². The summed E-state index contributed by atoms with van der Waals surface area (Å²) in [7, 11) is -3.34. The number of nitrogens with zero attached hydrogens (tertiary/aromatic N) is 1. The van der Waals surface area contributed by atoms with Crippen LogP contribution in [0.3, 0.4) is 0 Å². The van der Waals surface area contributed by atoms with Gasteiger partial charge in [0.1, 0.15) is 11.6 Å². The Kier molecular flexibility index (Phi) is 4.34. The lowest BCUT2D eigenvalue weighted by atomic mass is 10.1. The van der Waals surface area contributed by atoms with Crippen molar-refractivity contribution in [2.75, 3.05) is 27.7 Å². The molecule has 9 heteroatoms. The highest BCUT2D eigenvalue weighted by Crippen LogP contribution is 2.32. The number of nitrogens with one attached hydrogen (secondary N) is 2. The molecule has 0 aromatic heterocycles. The molecule has 1 aliphatic heterocycles. The largest absolute Gasteiger partial charge is 0.323 e. The number of sulfonamides is 1. The Bertz CT molecular complexity index is 948. The smallest absolute Gasteiger partial charge is 0.308 e. The molecule has 0 saturated carbocycles. The average Bonchev–Trinajstić information content (AvgIpc) is 2.94. The Morgan fingerprint density at radius 3 is 2.60 bits per heavy atom. The van der Waals surface area contributed by atoms with E-state index in [0.717, 1.165) is 30.0 Å². The first-order valence-corrected chi connectivity index (χ1v) is 9.22. The molecule has 2 amide bonds. The van der Waals surface area contributed by atoms with Crippen molar-refractivity contribution in [3.05, 3.63) is 53.6 Å². The zero-order valence-corrected chi connectivity index (χ0v) is 14.0. The molecular weight excluding hydrogens is 352 g/mol. The van der Waals surface area contributed by atoms with E-state index in [2.05, 4.69) is 10.6 Å². The van der Waals surface area contributed by atoms with E-state index in [4.69, 9.17) is 0 Å². The van der Waals surface area contributed by atoms with Gasteiger partial charge in [-0.15, -0.1) is 0 Å². The van der Waals surface area contributed by atoms with Crippen molar-refractivity contribution in [3.63, 3.8) is 0 Å². The number of amides is 2. The summed E-state index contributed by atoms with van der Waals surface area (Å²) < 4.78 is 51.4. The predicted molar refractivity (Wildman–Crippen MR) is 91.3 cm³/mol. The Labute approximate surface area is 143 Å². The zero-order valence-electron chi connectivity index (χ0n) is 13.2. The molecule has 0 saturated heterocycles. The van der Waals surface area contributed by atoms with Gasteiger partial charge in [0.2, 0.25) is 10.0 Å². The molecule has 0 radical (unpaired) electrons. The highest BCUT2D eigenvalue weighted by Gasteiger charge is 2.26. The number of hydrogen-bond acceptors (Lipinski definition) is 3. The van der Waals surface area contributed by atoms with Crippen molar-refractivity contribution in [2.45, 2.75) is 6.42 Å². The predicted octanol–water partition coefficient (Wildman–Crippen LogP) is 2.93. The third kappa shape index (κ3) is 3.71. The lowest BCUT2D eigenvalue weighted by molar-refractivity contribution is 0.262. The Morgan fingerprint density at radius 1 is 1.12 bits per heavy atom. The monoisotopic (exact) mass is 367 g/mol. The Hall–Kier alpha value is -2.68. The van der Waals surface area contributed by atoms with Crippen molar-refractivity contribution in [2.24, 2.45) is 0 Å². The molecule has 1 heterocycles. The lowest BCUT2D eigenvalue weighted by Gasteiger charge is -2.16. The maximum atomic E-state index is 13.5. The second-order valence-electron chi connectivity index (χ2n) is 5.63. The van der Waals surface area contributed by atoms with E-state index in [1.807, 2.05) is 0 Å². The number of rotatable bonds is 3. The van der Waals surface area contributed by atoms with E-state index in [1.54, 1.807) is 18.2 Å². The van der Waals surface area contributed by atoms with Gasteiger partial charge in [0.05, 0.1) is 17.6 Å². The van der Waals surface area contributed by atoms with Crippen molar-refractivity contribution in [1.82, 2.24) is 0 Å². The van der Waals surface area contributed by atoms with Gasteiger partial charge >= 0.3 is 6.03 Å². The molecule has 0 bridgehead atoms. The number of fused-ring (bicyclic) bond motifs is 1. The van der Waals surface area contributed by atoms with Crippen molar-refractivity contribution in [1.29, 1.82) is 0 Å². The van der Waals surface area contributed by atoms with Gasteiger partial charge in [-0.2, -0.15) is 0 Å². The standard InChI is InChI=1S/C16H15F2N3O3S/c1-25(23,24)21-7-6-10-8-12(3-5-15(10)21)19-16(22)20-14-9-11(17)2-4-13(14)18/h2-5,8-9H,6-7H2,1H3,(H2,19,20,22). The minimum atomic E-state index is -3.34. The van der Waals surface area contributed by atoms with Crippen LogP contribution in [0.5, 0.6) is 0 Å². The maximum Gasteiger partial charge on any atom is 0.323 e. The number of carbonyl (C=O) groups excluding carboxylic acids is 1. The molecule has 2 aromatic carbocycles. The first kappa shape index (κ1) is 17.2. The molecule has 0 spiro atoms. The summed E-state index contributed by atoms with van der Waals surface area (Å²) in [6, 6.07) is 6.81. The van der Waals surface area contributed by atoms with Gasteiger partial charge in [-0.05, 0) is 42.3 Å². The van der Waals surface area contributed by atoms with Crippen LogP contribution in [0.4, 0.5) is 30.6 Å². The van der Waals surface area contributed by atoms with Crippen molar-refractivity contribution in [3.8, 4) is 0 Å². The second-order valence-corrected chi connectivity index (χ2v) is 7.54. The molecule has 0 aliphatic carbocycles. The molecular formula is C16H15F2N3O3S. The molecule has 25 heavy (non-hydrogen) atoms. The van der Waals surface area contributed by atoms with E-state index in [9.17, 15) is 22.0 Å². The molecule has 1 aliphatic rings. The summed E-state index contributed by atoms with van der Waals surface area (Å²) in [5, 5.41) is 4.74. The molecule has 0 unspecified atom stereocenters. The third-order valence-corrected chi connectivity index (χ3v) is 4.95. The number of halogens is 2. The van der Waals surface area contributed by atoms with Crippen molar-refractivity contribution < 1.29 is 22.0 Å². The Morgan fingerprint density at radius 2 is 1.88 bits per heavy atom. The fraction of sp³-hybridized carbons (Fsp3) is 0.188. The molecule has 6 nitrogen and oxygen atoms in total. The first-order chi connectivity index (χ1) is 11.7. The molecule has 3 rings (SSSR count). The van der Waals surface area contributed by atoms with Gasteiger partial charge in [-0.3, -0.25) is 4.31 Å². The van der Waals surface area contributed by atoms with Crippen LogP contribution in [0.2, 0.25) is 0 Å². The summed E-state index contributed by atoms with van der Waals surface area (Å²) in [4.78, 5) is 12.0. The molecule has 132 valence electrons. The van der Waals surface area contributed by atoms with Gasteiger partial charge in [0.15, 0.2) is 0 Å². The Balaban J connectivity index is 1.74. The molecule has 0 atom stereocenters. The first-order valence-electron chi connectivity index (χ1n) is 7.38. The summed E-state index contributed by atoms with van der Waals surface area (Å²) in [5.41, 5.74) is 1.50. The van der Waals surface area contributed by atoms with Gasteiger partial charge < -0.3 is 10.6 Å². The average molecular weight is 367 g/mol. The summed E-state index contributed by atoms with van der Waals surface area (Å²) in [5.74, 6) is -1.43. The van der Waals surface area contributed by atoms with E-state index in [0.29, 0.717) is 24.3 Å². The van der Waals surface area contributed by atoms with E-state index < -0.39 is 27.7 Å². The SMILES string of the molecule is CS(=O)(=O)N1CCc2cc(NC(=O)Nc3cc(F)ccc3F)ccc21. The number of hydrogen-bond donors (Lipinski definition) is 2. The normalized spacial score (nSPS) is 13.5. The number of urea groups is 1. The molecule has 0 fully saturated rings. The van der Waals surface area contributed by atoms with Gasteiger partial charge in [-0.25, -0.2) is 22.0 Å². The minimum absolute atomic E-state index is 0.276. The van der Waals surface area contributed by atoms with Gasteiger partial charge in [0, 0.05) is 18.3 Å². The van der Waals surface area contributed by atoms with E-state index in [1.165, 1.54) is 4.31 Å². The van der Waals surface area contributed by atoms with Crippen LogP contribution >= 0.6 is 0 Å². The highest BCUT2D eigenvalue weighted by molar-refractivity contribution is 7.92. The fourth-order valence-corrected chi connectivity index (χ4v) is 3.63. The second kappa shape index (κ2) is 6.32. The van der Waals surface area contributed by atoms with Crippen molar-refractivity contribution >= 4 is 33.1 Å². The zero-order chi connectivity index (χ0) is 18.2. The van der Waals surface area contributed by atoms with Crippen LogP contribution in [0.1, 0.15) is 5.56 Å². The quantitative estimate of drug-likeness (QED) is 0.876. The highest BCUT2D eigenvalue weighted by atomic mass is 32.2. The molecule has 2 aromatic rings. The maximum absolute atomic E-state index is 13.5. The van der Waals surface area contributed by atoms with Crippen LogP contribution < -0.4 is 14.9 Å². The van der Waals surface area contributed by atoms with Gasteiger partial charge in [0.25, 0.3) is 0 Å². The molecule has 2 N–H and O–H groups in total. The number of carbonyl (C=O) groups is 1. The van der Waals surface area contributed by atoms with Crippen LogP contribution in [-0.4, -0.2) is 27.2 Å². The topological polar surface area (TPSA) is 78.5 Å². The minimum Gasteiger partial charge on any atom is -0.308 e. The van der Waals surface area contributed by atoms with E-state index in [-0.39, 0.29) is 5.69 Å². The third-order valence-electron chi connectivity index (χ3n) is 3.77. The van der Waals surface area contributed by atoms with Crippen LogP contribution in [-0.2, 0) is 16.4 Å². The number of benzene rings is 2.